The summed E-state index contributed by atoms with van der Waals surface area (Å²) in [5.41, 5.74) is 0. The number of unbranched alkanes of at least 4 members (excludes halogenated alkanes) is 5. The molecule has 0 bridgehead atoms. The van der Waals surface area contributed by atoms with Crippen molar-refractivity contribution < 1.29 is 5.11 Å². The molecule has 0 aromatic heterocycles. The summed E-state index contributed by atoms with van der Waals surface area (Å²) < 4.78 is 1.06. The van der Waals surface area contributed by atoms with Crippen LogP contribution in [0.25, 0.3) is 0 Å². The molecule has 0 spiro atoms. The Kier molecular flexibility index (Phi) is 10.3. The molecule has 0 aliphatic carbocycles. The first-order valence-electron chi connectivity index (χ1n) is 5.68. The molecule has 0 aliphatic rings. The largest absolute Gasteiger partial charge is 0.393 e. The van der Waals surface area contributed by atoms with E-state index >= 15 is 0 Å². The van der Waals surface area contributed by atoms with Crippen LogP contribution in [0, 0.1) is 0 Å². The predicted molar refractivity (Wildman–Crippen MR) is 71.8 cm³/mol. The molecular weight excluding hydrogens is 287 g/mol. The van der Waals surface area contributed by atoms with Crippen molar-refractivity contribution in [3.05, 3.63) is 10.2 Å². The van der Waals surface area contributed by atoms with Crippen molar-refractivity contribution in [1.82, 2.24) is 0 Å². The molecule has 0 saturated heterocycles. The molecular formula is C12H23IO. The molecule has 1 nitrogen and oxygen atoms in total. The van der Waals surface area contributed by atoms with Crippen molar-refractivity contribution in [2.45, 2.75) is 64.4 Å². The monoisotopic (exact) mass is 310 g/mol. The summed E-state index contributed by atoms with van der Waals surface area (Å²) in [4.78, 5) is 0. The lowest BCUT2D eigenvalue weighted by Crippen LogP contribution is -2.05. The van der Waals surface area contributed by atoms with Gasteiger partial charge in [-0.25, -0.2) is 0 Å². The van der Waals surface area contributed by atoms with E-state index in [0.29, 0.717) is 0 Å². The van der Waals surface area contributed by atoms with Crippen LogP contribution in [0.15, 0.2) is 10.2 Å². The fourth-order valence-corrected chi connectivity index (χ4v) is 2.03. The highest BCUT2D eigenvalue weighted by atomic mass is 127. The highest BCUT2D eigenvalue weighted by Crippen LogP contribution is 2.15. The normalized spacial score (nSPS) is 12.8. The third-order valence-electron chi connectivity index (χ3n) is 2.35. The van der Waals surface area contributed by atoms with E-state index in [1.807, 2.05) is 0 Å². The number of aliphatic hydroxyl groups is 1. The summed E-state index contributed by atoms with van der Waals surface area (Å²) >= 11 is 2.18. The second-order valence-electron chi connectivity index (χ2n) is 3.93. The third-order valence-corrected chi connectivity index (χ3v) is 2.79. The third kappa shape index (κ3) is 10.5. The van der Waals surface area contributed by atoms with E-state index in [1.165, 1.54) is 32.1 Å². The Labute approximate surface area is 102 Å². The van der Waals surface area contributed by atoms with Crippen LogP contribution >= 0.6 is 22.6 Å². The van der Waals surface area contributed by atoms with Gasteiger partial charge in [-0.05, 0) is 32.6 Å². The summed E-state index contributed by atoms with van der Waals surface area (Å²) in [6.07, 6.45) is 9.30. The highest BCUT2D eigenvalue weighted by Gasteiger charge is 2.03. The molecule has 84 valence electrons. The second kappa shape index (κ2) is 9.97. The molecule has 14 heavy (non-hydrogen) atoms. The van der Waals surface area contributed by atoms with Crippen LogP contribution in [0.3, 0.4) is 0 Å². The molecule has 0 heterocycles. The number of aliphatic hydroxyl groups excluding tert-OH is 1. The first kappa shape index (κ1) is 14.4. The number of halogens is 1. The van der Waals surface area contributed by atoms with Gasteiger partial charge >= 0.3 is 0 Å². The molecule has 0 aromatic rings. The predicted octanol–water partition coefficient (Wildman–Crippen LogP) is 4.44. The lowest BCUT2D eigenvalue weighted by Gasteiger charge is -2.08. The number of hydrogen-bond donors (Lipinski definition) is 1. The second-order valence-corrected chi connectivity index (χ2v) is 5.46. The lowest BCUT2D eigenvalue weighted by molar-refractivity contribution is 0.163. The van der Waals surface area contributed by atoms with Gasteiger partial charge in [-0.1, -0.05) is 52.0 Å². The van der Waals surface area contributed by atoms with Crippen LogP contribution in [0.5, 0.6) is 0 Å². The Hall–Kier alpha value is 0.430. The van der Waals surface area contributed by atoms with Crippen molar-refractivity contribution in [2.75, 3.05) is 0 Å². The summed E-state index contributed by atoms with van der Waals surface area (Å²) in [7, 11) is 0. The Balaban J connectivity index is 3.14. The van der Waals surface area contributed by atoms with Gasteiger partial charge in [-0.2, -0.15) is 0 Å². The van der Waals surface area contributed by atoms with Gasteiger partial charge in [-0.15, -0.1) is 0 Å². The summed E-state index contributed by atoms with van der Waals surface area (Å²) in [5, 5.41) is 9.56. The molecule has 0 saturated carbocycles. The molecule has 0 rings (SSSR count). The van der Waals surface area contributed by atoms with Crippen molar-refractivity contribution in [3.63, 3.8) is 0 Å². The number of hydrogen-bond acceptors (Lipinski definition) is 1. The van der Waals surface area contributed by atoms with Gasteiger partial charge in [0, 0.05) is 6.42 Å². The summed E-state index contributed by atoms with van der Waals surface area (Å²) in [6, 6.07) is 0. The molecule has 0 radical (unpaired) electrons. The first-order valence-corrected chi connectivity index (χ1v) is 6.76. The maximum atomic E-state index is 9.56. The van der Waals surface area contributed by atoms with Crippen LogP contribution in [0.4, 0.5) is 0 Å². The smallest absolute Gasteiger partial charge is 0.0584 e. The van der Waals surface area contributed by atoms with E-state index in [2.05, 4.69) is 36.1 Å². The summed E-state index contributed by atoms with van der Waals surface area (Å²) in [5.74, 6) is 0. The molecule has 0 aliphatic heterocycles. The minimum absolute atomic E-state index is 0.162. The van der Waals surface area contributed by atoms with Crippen LogP contribution in [-0.4, -0.2) is 11.2 Å². The van der Waals surface area contributed by atoms with E-state index in [4.69, 9.17) is 0 Å². The quantitative estimate of drug-likeness (QED) is 0.493. The molecule has 2 heteroatoms. The zero-order chi connectivity index (χ0) is 10.8. The van der Waals surface area contributed by atoms with Crippen molar-refractivity contribution in [2.24, 2.45) is 0 Å². The average molecular weight is 310 g/mol. The van der Waals surface area contributed by atoms with Crippen LogP contribution < -0.4 is 0 Å². The minimum Gasteiger partial charge on any atom is -0.393 e. The SMILES string of the molecule is C=C(I)CC(O)CCCCCCCC. The van der Waals surface area contributed by atoms with Gasteiger partial charge < -0.3 is 5.11 Å². The molecule has 1 N–H and O–H groups in total. The zero-order valence-electron chi connectivity index (χ0n) is 9.27. The Bertz CT molecular complexity index is 145. The van der Waals surface area contributed by atoms with Crippen molar-refractivity contribution >= 4 is 22.6 Å². The van der Waals surface area contributed by atoms with E-state index < -0.39 is 0 Å². The minimum atomic E-state index is -0.162. The van der Waals surface area contributed by atoms with Crippen molar-refractivity contribution in [3.8, 4) is 0 Å². The van der Waals surface area contributed by atoms with Crippen molar-refractivity contribution in [1.29, 1.82) is 0 Å². The standard InChI is InChI=1S/C12H23IO/c1-3-4-5-6-7-8-9-12(14)10-11(2)13/h12,14H,2-10H2,1H3. The van der Waals surface area contributed by atoms with E-state index in [-0.39, 0.29) is 6.10 Å². The van der Waals surface area contributed by atoms with Gasteiger partial charge in [0.2, 0.25) is 0 Å². The fourth-order valence-electron chi connectivity index (χ4n) is 1.52. The first-order chi connectivity index (χ1) is 6.66. The van der Waals surface area contributed by atoms with Gasteiger partial charge in [0.05, 0.1) is 6.10 Å². The molecule has 0 aromatic carbocycles. The topological polar surface area (TPSA) is 20.2 Å². The molecule has 0 amide bonds. The Morgan fingerprint density at radius 2 is 1.79 bits per heavy atom. The molecule has 1 atom stereocenters. The van der Waals surface area contributed by atoms with E-state index in [0.717, 1.165) is 22.8 Å². The Morgan fingerprint density at radius 1 is 1.21 bits per heavy atom. The number of rotatable bonds is 9. The lowest BCUT2D eigenvalue weighted by atomic mass is 10.1. The highest BCUT2D eigenvalue weighted by molar-refractivity contribution is 14.1. The van der Waals surface area contributed by atoms with Crippen LogP contribution in [-0.2, 0) is 0 Å². The van der Waals surface area contributed by atoms with Crippen LogP contribution in [0.2, 0.25) is 0 Å². The van der Waals surface area contributed by atoms with E-state index in [1.54, 1.807) is 0 Å². The Morgan fingerprint density at radius 3 is 2.36 bits per heavy atom. The van der Waals surface area contributed by atoms with Gasteiger partial charge in [0.1, 0.15) is 0 Å². The fraction of sp³-hybridized carbons (Fsp3) is 0.833. The average Bonchev–Trinajstić information content (AvgIpc) is 2.10. The maximum Gasteiger partial charge on any atom is 0.0584 e. The van der Waals surface area contributed by atoms with Gasteiger partial charge in [-0.3, -0.25) is 0 Å². The van der Waals surface area contributed by atoms with Crippen LogP contribution in [0.1, 0.15) is 58.3 Å². The molecule has 0 fully saturated rings. The van der Waals surface area contributed by atoms with Gasteiger partial charge in [0.25, 0.3) is 0 Å². The van der Waals surface area contributed by atoms with E-state index in [9.17, 15) is 5.11 Å². The maximum absolute atomic E-state index is 9.56. The van der Waals surface area contributed by atoms with Gasteiger partial charge in [0.15, 0.2) is 0 Å². The zero-order valence-corrected chi connectivity index (χ0v) is 11.4. The molecule has 1 unspecified atom stereocenters. The summed E-state index contributed by atoms with van der Waals surface area (Å²) in [6.45, 7) is 6.02.